The van der Waals surface area contributed by atoms with Crippen LogP contribution in [0.3, 0.4) is 0 Å². The minimum atomic E-state index is -0.516. The van der Waals surface area contributed by atoms with E-state index in [-0.39, 0.29) is 11.8 Å². The average Bonchev–Trinajstić information content (AvgIpc) is 2.89. The van der Waals surface area contributed by atoms with Crippen LogP contribution in [0.25, 0.3) is 0 Å². The fourth-order valence-corrected chi connectivity index (χ4v) is 5.66. The molecule has 0 radical (unpaired) electrons. The molecule has 3 aromatic rings. The number of benzene rings is 3. The first-order valence-corrected chi connectivity index (χ1v) is 13.2. The lowest BCUT2D eigenvalue weighted by atomic mass is 9.75. The highest BCUT2D eigenvalue weighted by Crippen LogP contribution is 2.48. The zero-order valence-corrected chi connectivity index (χ0v) is 21.8. The molecule has 0 saturated carbocycles. The average molecular weight is 499 g/mol. The van der Waals surface area contributed by atoms with Crippen LogP contribution in [-0.2, 0) is 17.6 Å². The van der Waals surface area contributed by atoms with Gasteiger partial charge in [-0.3, -0.25) is 9.59 Å². The van der Waals surface area contributed by atoms with Gasteiger partial charge in [-0.1, -0.05) is 48.0 Å². The highest BCUT2D eigenvalue weighted by Gasteiger charge is 2.46. The first-order chi connectivity index (χ1) is 18.0. The zero-order valence-electron chi connectivity index (χ0n) is 21.8. The summed E-state index contributed by atoms with van der Waals surface area (Å²) in [4.78, 5) is 29.3. The summed E-state index contributed by atoms with van der Waals surface area (Å²) in [6, 6.07) is 19.5. The molecule has 5 rings (SSSR count). The first kappa shape index (κ1) is 24.9. The number of fused-ring (bicyclic) bond motifs is 4. The van der Waals surface area contributed by atoms with Gasteiger partial charge in [0.05, 0.1) is 25.2 Å². The van der Waals surface area contributed by atoms with Crippen molar-refractivity contribution in [2.24, 2.45) is 0 Å². The molecule has 0 bridgehead atoms. The summed E-state index contributed by atoms with van der Waals surface area (Å²) >= 11 is 0. The summed E-state index contributed by atoms with van der Waals surface area (Å²) in [5, 5.41) is 3.18. The van der Waals surface area contributed by atoms with Gasteiger partial charge in [0.25, 0.3) is 5.91 Å². The Bertz CT molecular complexity index is 1320. The third-order valence-corrected chi connectivity index (χ3v) is 7.26. The summed E-state index contributed by atoms with van der Waals surface area (Å²) in [7, 11) is 0. The molecule has 192 valence electrons. The topological polar surface area (TPSA) is 67.9 Å². The lowest BCUT2D eigenvalue weighted by Gasteiger charge is -2.45. The number of rotatable bonds is 8. The number of carbonyl (C=O) groups excluding carboxylic acids is 2. The molecule has 2 atom stereocenters. The van der Waals surface area contributed by atoms with Crippen LogP contribution >= 0.6 is 0 Å². The molecule has 0 aliphatic carbocycles. The Morgan fingerprint density at radius 2 is 1.73 bits per heavy atom. The highest BCUT2D eigenvalue weighted by atomic mass is 16.5. The third kappa shape index (κ3) is 4.80. The van der Waals surface area contributed by atoms with E-state index in [9.17, 15) is 9.59 Å². The monoisotopic (exact) mass is 498 g/mol. The predicted molar refractivity (Wildman–Crippen MR) is 143 cm³/mol. The molecule has 0 fully saturated rings. The highest BCUT2D eigenvalue weighted by molar-refractivity contribution is 6.01. The van der Waals surface area contributed by atoms with Gasteiger partial charge in [0.1, 0.15) is 0 Å². The molecular formula is C31H34N2O4. The van der Waals surface area contributed by atoms with Crippen molar-refractivity contribution in [3.63, 3.8) is 0 Å². The van der Waals surface area contributed by atoms with Crippen LogP contribution in [0.5, 0.6) is 11.5 Å². The second-order valence-corrected chi connectivity index (χ2v) is 9.65. The van der Waals surface area contributed by atoms with Crippen LogP contribution < -0.4 is 14.8 Å². The maximum Gasteiger partial charge on any atom is 0.254 e. The molecule has 1 N–H and O–H groups in total. The molecule has 37 heavy (non-hydrogen) atoms. The van der Waals surface area contributed by atoms with Crippen LogP contribution in [0.4, 0.5) is 0 Å². The van der Waals surface area contributed by atoms with Crippen molar-refractivity contribution in [2.75, 3.05) is 26.3 Å². The number of nitrogens with zero attached hydrogens (tertiary/aromatic N) is 1. The Kier molecular flexibility index (Phi) is 7.17. The SMILES string of the molecule is CCOc1cc2c(cc1OCC)C1C(C(=O)NCCc3cccc(C)c3)c3ccccc3C(=O)N1CC2. The van der Waals surface area contributed by atoms with Gasteiger partial charge in [-0.2, -0.15) is 0 Å². The number of hydrogen-bond acceptors (Lipinski definition) is 4. The second-order valence-electron chi connectivity index (χ2n) is 9.65. The van der Waals surface area contributed by atoms with Crippen LogP contribution in [0.15, 0.2) is 60.7 Å². The van der Waals surface area contributed by atoms with E-state index >= 15 is 0 Å². The molecule has 2 aliphatic rings. The van der Waals surface area contributed by atoms with Crippen LogP contribution in [0.2, 0.25) is 0 Å². The van der Waals surface area contributed by atoms with Crippen molar-refractivity contribution in [1.82, 2.24) is 10.2 Å². The minimum absolute atomic E-state index is 0.0260. The Morgan fingerprint density at radius 1 is 0.973 bits per heavy atom. The van der Waals surface area contributed by atoms with Gasteiger partial charge < -0.3 is 19.7 Å². The van der Waals surface area contributed by atoms with Crippen molar-refractivity contribution < 1.29 is 19.1 Å². The number of amides is 2. The van der Waals surface area contributed by atoms with E-state index in [4.69, 9.17) is 9.47 Å². The predicted octanol–water partition coefficient (Wildman–Crippen LogP) is 4.99. The number of nitrogens with one attached hydrogen (secondary N) is 1. The largest absolute Gasteiger partial charge is 0.490 e. The maximum atomic E-state index is 13.9. The smallest absolute Gasteiger partial charge is 0.254 e. The van der Waals surface area contributed by atoms with Gasteiger partial charge >= 0.3 is 0 Å². The zero-order chi connectivity index (χ0) is 25.9. The standard InChI is InChI=1S/C31H34N2O4/c1-4-36-26-18-22-14-16-33-29(25(22)19-27(26)37-5-2)28(23-11-6-7-12-24(23)31(33)35)30(34)32-15-13-21-10-8-9-20(3)17-21/h6-12,17-19,28-29H,4-5,13-16H2,1-3H3,(H,32,34). The number of aryl methyl sites for hydroxylation is 1. The molecule has 3 aromatic carbocycles. The summed E-state index contributed by atoms with van der Waals surface area (Å²) in [5.41, 5.74) is 5.83. The van der Waals surface area contributed by atoms with Crippen LogP contribution in [0.1, 0.15) is 64.0 Å². The lowest BCUT2D eigenvalue weighted by Crippen LogP contribution is -2.50. The quantitative estimate of drug-likeness (QED) is 0.475. The Hall–Kier alpha value is -3.80. The summed E-state index contributed by atoms with van der Waals surface area (Å²) in [6.07, 6.45) is 1.45. The van der Waals surface area contributed by atoms with Crippen molar-refractivity contribution in [3.8, 4) is 11.5 Å². The molecule has 2 unspecified atom stereocenters. The number of hydrogen-bond donors (Lipinski definition) is 1. The summed E-state index contributed by atoms with van der Waals surface area (Å²) < 4.78 is 11.8. The van der Waals surface area contributed by atoms with E-state index < -0.39 is 12.0 Å². The Balaban J connectivity index is 1.52. The number of ether oxygens (including phenoxy) is 2. The van der Waals surface area contributed by atoms with Crippen molar-refractivity contribution in [1.29, 1.82) is 0 Å². The Morgan fingerprint density at radius 3 is 2.49 bits per heavy atom. The van der Waals surface area contributed by atoms with E-state index in [1.807, 2.05) is 61.2 Å². The minimum Gasteiger partial charge on any atom is -0.490 e. The van der Waals surface area contributed by atoms with E-state index in [0.29, 0.717) is 49.8 Å². The van der Waals surface area contributed by atoms with Crippen LogP contribution in [-0.4, -0.2) is 43.0 Å². The lowest BCUT2D eigenvalue weighted by molar-refractivity contribution is -0.124. The van der Waals surface area contributed by atoms with E-state index in [2.05, 4.69) is 30.4 Å². The van der Waals surface area contributed by atoms with Crippen molar-refractivity contribution in [2.45, 2.75) is 45.6 Å². The van der Waals surface area contributed by atoms with Gasteiger partial charge in [0.2, 0.25) is 5.91 Å². The molecule has 0 spiro atoms. The molecular weight excluding hydrogens is 464 g/mol. The molecule has 0 aromatic heterocycles. The Labute approximate surface area is 218 Å². The second kappa shape index (κ2) is 10.7. The molecule has 2 amide bonds. The normalized spacial score (nSPS) is 17.9. The van der Waals surface area contributed by atoms with E-state index in [1.54, 1.807) is 0 Å². The maximum absolute atomic E-state index is 13.9. The van der Waals surface area contributed by atoms with E-state index in [0.717, 1.165) is 23.1 Å². The van der Waals surface area contributed by atoms with Gasteiger partial charge in [-0.15, -0.1) is 0 Å². The van der Waals surface area contributed by atoms with E-state index in [1.165, 1.54) is 11.1 Å². The fraction of sp³-hybridized carbons (Fsp3) is 0.355. The van der Waals surface area contributed by atoms with Gasteiger partial charge in [-0.05, 0) is 74.1 Å². The van der Waals surface area contributed by atoms with Crippen LogP contribution in [0, 0.1) is 6.92 Å². The van der Waals surface area contributed by atoms with Crippen molar-refractivity contribution in [3.05, 3.63) is 94.0 Å². The van der Waals surface area contributed by atoms with Gasteiger partial charge in [-0.25, -0.2) is 0 Å². The molecule has 2 heterocycles. The summed E-state index contributed by atoms with van der Waals surface area (Å²) in [5.74, 6) is 0.746. The molecule has 6 nitrogen and oxygen atoms in total. The van der Waals surface area contributed by atoms with Gasteiger partial charge in [0.15, 0.2) is 11.5 Å². The molecule has 6 heteroatoms. The third-order valence-electron chi connectivity index (χ3n) is 7.26. The number of carbonyl (C=O) groups is 2. The summed E-state index contributed by atoms with van der Waals surface area (Å²) in [6.45, 7) is 8.07. The first-order valence-electron chi connectivity index (χ1n) is 13.2. The fourth-order valence-electron chi connectivity index (χ4n) is 5.66. The van der Waals surface area contributed by atoms with Crippen molar-refractivity contribution >= 4 is 11.8 Å². The van der Waals surface area contributed by atoms with Gasteiger partial charge in [0, 0.05) is 18.7 Å². The molecule has 2 aliphatic heterocycles. The molecule has 0 saturated heterocycles.